The van der Waals surface area contributed by atoms with Gasteiger partial charge in [0.25, 0.3) is 0 Å². The summed E-state index contributed by atoms with van der Waals surface area (Å²) >= 11 is 0. The first-order chi connectivity index (χ1) is 5.68. The lowest BCUT2D eigenvalue weighted by atomic mass is 10.3. The molecule has 0 radical (unpaired) electrons. The highest BCUT2D eigenvalue weighted by molar-refractivity contribution is 4.67. The van der Waals surface area contributed by atoms with E-state index in [1.807, 2.05) is 0 Å². The van der Waals surface area contributed by atoms with Crippen LogP contribution in [0.2, 0.25) is 0 Å². The molecule has 1 rings (SSSR count). The molecule has 0 aromatic heterocycles. The number of ether oxygens (including phenoxy) is 2. The van der Waals surface area contributed by atoms with Gasteiger partial charge in [-0.05, 0) is 20.9 Å². The van der Waals surface area contributed by atoms with Gasteiger partial charge in [0, 0.05) is 13.1 Å². The zero-order chi connectivity index (χ0) is 8.97. The van der Waals surface area contributed by atoms with Crippen LogP contribution in [0.3, 0.4) is 0 Å². The fourth-order valence-electron chi connectivity index (χ4n) is 1.39. The smallest absolute Gasteiger partial charge is 0.0938 e. The Hall–Kier alpha value is -0.120. The van der Waals surface area contributed by atoms with Crippen LogP contribution in [0.5, 0.6) is 0 Å². The number of rotatable bonds is 2. The van der Waals surface area contributed by atoms with Crippen LogP contribution in [-0.4, -0.2) is 50.5 Å². The normalized spacial score (nSPS) is 27.5. The van der Waals surface area contributed by atoms with Gasteiger partial charge < -0.3 is 14.4 Å². The molecular weight excluding hydrogens is 154 g/mol. The zero-order valence-corrected chi connectivity index (χ0v) is 8.25. The third kappa shape index (κ3) is 3.52. The Bertz CT molecular complexity index is 128. The van der Waals surface area contributed by atoms with Crippen LogP contribution in [0.4, 0.5) is 0 Å². The minimum atomic E-state index is 0.248. The minimum absolute atomic E-state index is 0.248. The lowest BCUT2D eigenvalue weighted by Gasteiger charge is -2.21. The van der Waals surface area contributed by atoms with E-state index in [1.54, 1.807) is 0 Å². The average Bonchev–Trinajstić information content (AvgIpc) is 2.12. The first-order valence-corrected chi connectivity index (χ1v) is 4.60. The van der Waals surface area contributed by atoms with Crippen LogP contribution >= 0.6 is 0 Å². The number of hydrogen-bond acceptors (Lipinski definition) is 3. The van der Waals surface area contributed by atoms with Crippen molar-refractivity contribution in [1.82, 2.24) is 4.90 Å². The largest absolute Gasteiger partial charge is 0.377 e. The summed E-state index contributed by atoms with van der Waals surface area (Å²) in [6.07, 6.45) is 0.544. The summed E-state index contributed by atoms with van der Waals surface area (Å²) in [5.74, 6) is 0. The van der Waals surface area contributed by atoms with Crippen molar-refractivity contribution in [2.45, 2.75) is 26.1 Å². The van der Waals surface area contributed by atoms with Crippen molar-refractivity contribution in [3.05, 3.63) is 0 Å². The topological polar surface area (TPSA) is 21.7 Å². The molecule has 1 aliphatic heterocycles. The van der Waals surface area contributed by atoms with Crippen LogP contribution < -0.4 is 0 Å². The maximum Gasteiger partial charge on any atom is 0.0938 e. The van der Waals surface area contributed by atoms with Gasteiger partial charge in [0.1, 0.15) is 0 Å². The van der Waals surface area contributed by atoms with Gasteiger partial charge in [0.15, 0.2) is 0 Å². The van der Waals surface area contributed by atoms with Gasteiger partial charge in [-0.25, -0.2) is 0 Å². The van der Waals surface area contributed by atoms with E-state index in [1.165, 1.54) is 0 Å². The Balaban J connectivity index is 2.31. The molecule has 0 aromatic rings. The number of likely N-dealkylation sites (N-methyl/N-ethyl adjacent to an activating group) is 1. The Morgan fingerprint density at radius 3 is 2.92 bits per heavy atom. The highest BCUT2D eigenvalue weighted by Gasteiger charge is 2.17. The van der Waals surface area contributed by atoms with E-state index in [9.17, 15) is 0 Å². The van der Waals surface area contributed by atoms with Crippen LogP contribution in [0.25, 0.3) is 0 Å². The standard InChI is InChI=1S/C9H19NO2/c1-8(2)12-9-6-10(3)4-5-11-7-9/h8-9H,4-7H2,1-3H3. The SMILES string of the molecule is CC(C)OC1COCCN(C)C1. The first kappa shape index (κ1) is 9.96. The molecule has 1 aliphatic rings. The predicted octanol–water partition coefficient (Wildman–Crippen LogP) is 0.742. The van der Waals surface area contributed by atoms with E-state index in [4.69, 9.17) is 9.47 Å². The van der Waals surface area contributed by atoms with Gasteiger partial charge in [-0.2, -0.15) is 0 Å². The second-order valence-electron chi connectivity index (χ2n) is 3.64. The van der Waals surface area contributed by atoms with Crippen LogP contribution in [0, 0.1) is 0 Å². The van der Waals surface area contributed by atoms with Gasteiger partial charge in [0.2, 0.25) is 0 Å². The Labute approximate surface area is 74.6 Å². The summed E-state index contributed by atoms with van der Waals surface area (Å²) in [6.45, 7) is 7.68. The van der Waals surface area contributed by atoms with Gasteiger partial charge in [-0.3, -0.25) is 0 Å². The number of nitrogens with zero attached hydrogens (tertiary/aromatic N) is 1. The van der Waals surface area contributed by atoms with Crippen molar-refractivity contribution >= 4 is 0 Å². The van der Waals surface area contributed by atoms with Crippen molar-refractivity contribution < 1.29 is 9.47 Å². The van der Waals surface area contributed by atoms with Crippen molar-refractivity contribution in [3.63, 3.8) is 0 Å². The summed E-state index contributed by atoms with van der Waals surface area (Å²) in [6, 6.07) is 0. The maximum absolute atomic E-state index is 5.67. The number of hydrogen-bond donors (Lipinski definition) is 0. The van der Waals surface area contributed by atoms with Crippen molar-refractivity contribution in [3.8, 4) is 0 Å². The van der Waals surface area contributed by atoms with E-state index in [2.05, 4.69) is 25.8 Å². The Kier molecular flexibility index (Phi) is 3.98. The molecule has 72 valence electrons. The van der Waals surface area contributed by atoms with E-state index in [0.29, 0.717) is 6.10 Å². The summed E-state index contributed by atoms with van der Waals surface area (Å²) in [4.78, 5) is 2.25. The van der Waals surface area contributed by atoms with E-state index < -0.39 is 0 Å². The highest BCUT2D eigenvalue weighted by atomic mass is 16.5. The molecule has 1 atom stereocenters. The van der Waals surface area contributed by atoms with Gasteiger partial charge in [0.05, 0.1) is 25.4 Å². The summed E-state index contributed by atoms with van der Waals surface area (Å²) in [5, 5.41) is 0. The predicted molar refractivity (Wildman–Crippen MR) is 48.3 cm³/mol. The molecule has 0 saturated carbocycles. The molecule has 1 unspecified atom stereocenters. The van der Waals surface area contributed by atoms with Crippen molar-refractivity contribution in [2.75, 3.05) is 33.4 Å². The molecule has 12 heavy (non-hydrogen) atoms. The quantitative estimate of drug-likeness (QED) is 0.615. The molecule has 0 spiro atoms. The van der Waals surface area contributed by atoms with Crippen molar-refractivity contribution in [2.24, 2.45) is 0 Å². The molecule has 0 N–H and O–H groups in total. The molecule has 0 amide bonds. The van der Waals surface area contributed by atoms with E-state index in [-0.39, 0.29) is 6.10 Å². The minimum Gasteiger partial charge on any atom is -0.377 e. The van der Waals surface area contributed by atoms with Crippen molar-refractivity contribution in [1.29, 1.82) is 0 Å². The summed E-state index contributed by atoms with van der Waals surface area (Å²) in [7, 11) is 2.10. The first-order valence-electron chi connectivity index (χ1n) is 4.60. The fraction of sp³-hybridized carbons (Fsp3) is 1.00. The Morgan fingerprint density at radius 1 is 1.50 bits per heavy atom. The maximum atomic E-state index is 5.67. The lowest BCUT2D eigenvalue weighted by Crippen LogP contribution is -2.33. The van der Waals surface area contributed by atoms with E-state index >= 15 is 0 Å². The molecule has 1 fully saturated rings. The van der Waals surface area contributed by atoms with E-state index in [0.717, 1.165) is 26.3 Å². The van der Waals surface area contributed by atoms with Crippen LogP contribution in [-0.2, 0) is 9.47 Å². The Morgan fingerprint density at radius 2 is 2.25 bits per heavy atom. The second kappa shape index (κ2) is 4.80. The molecule has 1 saturated heterocycles. The second-order valence-corrected chi connectivity index (χ2v) is 3.64. The molecule has 3 nitrogen and oxygen atoms in total. The fourth-order valence-corrected chi connectivity index (χ4v) is 1.39. The molecule has 0 aliphatic carbocycles. The van der Waals surface area contributed by atoms with Crippen LogP contribution in [0.15, 0.2) is 0 Å². The van der Waals surface area contributed by atoms with Gasteiger partial charge in [-0.15, -0.1) is 0 Å². The lowest BCUT2D eigenvalue weighted by molar-refractivity contribution is -0.0356. The molecule has 3 heteroatoms. The average molecular weight is 173 g/mol. The third-order valence-electron chi connectivity index (χ3n) is 1.90. The molecule has 1 heterocycles. The van der Waals surface area contributed by atoms with Gasteiger partial charge >= 0.3 is 0 Å². The zero-order valence-electron chi connectivity index (χ0n) is 8.25. The molecule has 0 aromatic carbocycles. The molecule has 0 bridgehead atoms. The highest BCUT2D eigenvalue weighted by Crippen LogP contribution is 2.04. The van der Waals surface area contributed by atoms with Gasteiger partial charge in [-0.1, -0.05) is 0 Å². The van der Waals surface area contributed by atoms with Crippen LogP contribution in [0.1, 0.15) is 13.8 Å². The molecular formula is C9H19NO2. The monoisotopic (exact) mass is 173 g/mol. The third-order valence-corrected chi connectivity index (χ3v) is 1.90. The summed E-state index contributed by atoms with van der Waals surface area (Å²) < 4.78 is 11.1. The summed E-state index contributed by atoms with van der Waals surface area (Å²) in [5.41, 5.74) is 0.